The van der Waals surface area contributed by atoms with Gasteiger partial charge in [0, 0.05) is 50.2 Å². The number of anilines is 1. The molecule has 3 amide bonds. The number of ether oxygens (including phenoxy) is 1. The molecule has 2 fully saturated rings. The number of piperidine rings is 1. The molecule has 3 heterocycles. The fraction of sp³-hybridized carbons (Fsp3) is 0.545. The molecule has 1 atom stereocenters. The SMILES string of the molecule is COC(=O)C[C@H]1C(=O)N(CC(=O)O)CCN1C(=O)CNC(=O)C1CCN(c2ccncc2)CC1. The van der Waals surface area contributed by atoms with Crippen LogP contribution in [-0.2, 0) is 28.7 Å². The Morgan fingerprint density at radius 3 is 2.41 bits per heavy atom. The van der Waals surface area contributed by atoms with Gasteiger partial charge in [-0.1, -0.05) is 0 Å². The van der Waals surface area contributed by atoms with E-state index in [4.69, 9.17) is 5.11 Å². The van der Waals surface area contributed by atoms with Gasteiger partial charge in [-0.2, -0.15) is 0 Å². The zero-order valence-corrected chi connectivity index (χ0v) is 19.0. The van der Waals surface area contributed by atoms with Gasteiger partial charge in [0.15, 0.2) is 0 Å². The third-order valence-electron chi connectivity index (χ3n) is 6.13. The Labute approximate surface area is 196 Å². The maximum Gasteiger partial charge on any atom is 0.323 e. The van der Waals surface area contributed by atoms with Crippen LogP contribution in [0.2, 0.25) is 0 Å². The number of rotatable bonds is 8. The molecule has 0 aliphatic carbocycles. The van der Waals surface area contributed by atoms with Crippen molar-refractivity contribution in [2.45, 2.75) is 25.3 Å². The third-order valence-corrected chi connectivity index (χ3v) is 6.13. The van der Waals surface area contributed by atoms with Crippen LogP contribution in [0.3, 0.4) is 0 Å². The van der Waals surface area contributed by atoms with Crippen molar-refractivity contribution in [2.24, 2.45) is 5.92 Å². The molecule has 0 bridgehead atoms. The number of hydrogen-bond donors (Lipinski definition) is 2. The second-order valence-electron chi connectivity index (χ2n) is 8.22. The number of piperazine rings is 1. The standard InChI is InChI=1S/C22H29N5O7/c1-34-20(31)12-17-22(33)26(14-19(29)30)10-11-27(17)18(28)13-24-21(32)15-4-8-25(9-5-15)16-2-6-23-7-3-16/h2-3,6-7,15,17H,4-5,8-14H2,1H3,(H,24,32)(H,29,30)/t17-/m0/s1. The van der Waals surface area contributed by atoms with Crippen molar-refractivity contribution in [3.63, 3.8) is 0 Å². The lowest BCUT2D eigenvalue weighted by Crippen LogP contribution is -2.61. The molecule has 0 aromatic carbocycles. The maximum atomic E-state index is 12.8. The summed E-state index contributed by atoms with van der Waals surface area (Å²) in [6.45, 7) is 0.658. The minimum atomic E-state index is -1.19. The van der Waals surface area contributed by atoms with E-state index in [-0.39, 0.29) is 31.5 Å². The van der Waals surface area contributed by atoms with E-state index in [1.54, 1.807) is 12.4 Å². The smallest absolute Gasteiger partial charge is 0.323 e. The molecular formula is C22H29N5O7. The summed E-state index contributed by atoms with van der Waals surface area (Å²) in [4.78, 5) is 69.5. The molecule has 0 unspecified atom stereocenters. The van der Waals surface area contributed by atoms with Gasteiger partial charge in [-0.05, 0) is 25.0 Å². The van der Waals surface area contributed by atoms with Crippen molar-refractivity contribution < 1.29 is 33.8 Å². The van der Waals surface area contributed by atoms with E-state index < -0.39 is 42.8 Å². The van der Waals surface area contributed by atoms with E-state index in [1.165, 1.54) is 4.90 Å². The average molecular weight is 476 g/mol. The van der Waals surface area contributed by atoms with Gasteiger partial charge in [0.05, 0.1) is 20.1 Å². The Kier molecular flexibility index (Phi) is 8.39. The summed E-state index contributed by atoms with van der Waals surface area (Å²) in [5.41, 5.74) is 1.05. The Bertz CT molecular complexity index is 917. The van der Waals surface area contributed by atoms with Gasteiger partial charge in [-0.3, -0.25) is 29.0 Å². The molecule has 0 saturated carbocycles. The second-order valence-corrected chi connectivity index (χ2v) is 8.22. The van der Waals surface area contributed by atoms with Gasteiger partial charge in [0.1, 0.15) is 12.6 Å². The van der Waals surface area contributed by atoms with Crippen LogP contribution < -0.4 is 10.2 Å². The molecule has 12 nitrogen and oxygen atoms in total. The highest BCUT2D eigenvalue weighted by molar-refractivity contribution is 5.94. The first-order chi connectivity index (χ1) is 16.3. The zero-order valence-electron chi connectivity index (χ0n) is 19.0. The number of hydrogen-bond acceptors (Lipinski definition) is 8. The summed E-state index contributed by atoms with van der Waals surface area (Å²) in [6, 6.07) is 2.66. The number of aliphatic carboxylic acids is 1. The van der Waals surface area contributed by atoms with E-state index in [1.807, 2.05) is 12.1 Å². The molecule has 3 rings (SSSR count). The molecule has 2 aliphatic heterocycles. The summed E-state index contributed by atoms with van der Waals surface area (Å²) in [6.07, 6.45) is 4.33. The average Bonchev–Trinajstić information content (AvgIpc) is 2.85. The number of carbonyl (C=O) groups excluding carboxylic acids is 4. The number of nitrogens with one attached hydrogen (secondary N) is 1. The number of aromatic nitrogens is 1. The lowest BCUT2D eigenvalue weighted by atomic mass is 9.95. The topological polar surface area (TPSA) is 149 Å². The lowest BCUT2D eigenvalue weighted by Gasteiger charge is -2.39. The van der Waals surface area contributed by atoms with Crippen LogP contribution in [-0.4, -0.2) is 102 Å². The number of esters is 1. The summed E-state index contributed by atoms with van der Waals surface area (Å²) < 4.78 is 4.62. The molecule has 34 heavy (non-hydrogen) atoms. The van der Waals surface area contributed by atoms with E-state index in [9.17, 15) is 24.0 Å². The summed E-state index contributed by atoms with van der Waals surface area (Å²) in [5.74, 6) is -3.50. The van der Waals surface area contributed by atoms with Gasteiger partial charge in [-0.15, -0.1) is 0 Å². The third kappa shape index (κ3) is 6.21. The van der Waals surface area contributed by atoms with E-state index in [2.05, 4.69) is 19.9 Å². The number of amides is 3. The van der Waals surface area contributed by atoms with Gasteiger partial charge >= 0.3 is 11.9 Å². The Hall–Kier alpha value is -3.70. The summed E-state index contributed by atoms with van der Waals surface area (Å²) in [5, 5.41) is 11.7. The molecule has 2 aliphatic rings. The van der Waals surface area contributed by atoms with Crippen LogP contribution in [0.1, 0.15) is 19.3 Å². The normalized spacial score (nSPS) is 19.0. The molecule has 0 spiro atoms. The molecular weight excluding hydrogens is 446 g/mol. The molecule has 2 N–H and O–H groups in total. The van der Waals surface area contributed by atoms with E-state index >= 15 is 0 Å². The largest absolute Gasteiger partial charge is 0.480 e. The lowest BCUT2D eigenvalue weighted by molar-refractivity contribution is -0.158. The zero-order chi connectivity index (χ0) is 24.7. The van der Waals surface area contributed by atoms with Crippen LogP contribution in [0.25, 0.3) is 0 Å². The predicted octanol–water partition coefficient (Wildman–Crippen LogP) is -0.899. The van der Waals surface area contributed by atoms with Crippen molar-refractivity contribution in [3.8, 4) is 0 Å². The highest BCUT2D eigenvalue weighted by Gasteiger charge is 2.39. The number of carboxylic acid groups (broad SMARTS) is 1. The van der Waals surface area contributed by atoms with Gasteiger partial charge in [-0.25, -0.2) is 0 Å². The first kappa shape index (κ1) is 24.9. The highest BCUT2D eigenvalue weighted by atomic mass is 16.5. The van der Waals surface area contributed by atoms with Gasteiger partial charge in [0.2, 0.25) is 17.7 Å². The van der Waals surface area contributed by atoms with Gasteiger partial charge < -0.3 is 29.9 Å². The summed E-state index contributed by atoms with van der Waals surface area (Å²) >= 11 is 0. The van der Waals surface area contributed by atoms with E-state index in [0.29, 0.717) is 25.9 Å². The Morgan fingerprint density at radius 1 is 1.12 bits per heavy atom. The van der Waals surface area contributed by atoms with Gasteiger partial charge in [0.25, 0.3) is 0 Å². The van der Waals surface area contributed by atoms with Crippen LogP contribution in [0.5, 0.6) is 0 Å². The molecule has 1 aromatic heterocycles. The summed E-state index contributed by atoms with van der Waals surface area (Å²) in [7, 11) is 1.16. The molecule has 12 heteroatoms. The number of nitrogens with zero attached hydrogens (tertiary/aromatic N) is 4. The first-order valence-electron chi connectivity index (χ1n) is 11.1. The monoisotopic (exact) mass is 475 g/mol. The Morgan fingerprint density at radius 2 is 1.79 bits per heavy atom. The minimum Gasteiger partial charge on any atom is -0.480 e. The van der Waals surface area contributed by atoms with Crippen molar-refractivity contribution in [1.29, 1.82) is 0 Å². The quantitative estimate of drug-likeness (QED) is 0.456. The highest BCUT2D eigenvalue weighted by Crippen LogP contribution is 2.23. The maximum absolute atomic E-state index is 12.8. The molecule has 2 saturated heterocycles. The van der Waals surface area contributed by atoms with Crippen molar-refractivity contribution >= 4 is 35.3 Å². The number of pyridine rings is 1. The number of methoxy groups -OCH3 is 1. The Balaban J connectivity index is 1.54. The van der Waals surface area contributed by atoms with Crippen LogP contribution in [0, 0.1) is 5.92 Å². The second kappa shape index (κ2) is 11.4. The fourth-order valence-electron chi connectivity index (χ4n) is 4.26. The number of carboxylic acids is 1. The molecule has 184 valence electrons. The predicted molar refractivity (Wildman–Crippen MR) is 119 cm³/mol. The fourth-order valence-corrected chi connectivity index (χ4v) is 4.26. The van der Waals surface area contributed by atoms with Crippen LogP contribution in [0.4, 0.5) is 5.69 Å². The minimum absolute atomic E-state index is 0.0238. The first-order valence-corrected chi connectivity index (χ1v) is 11.1. The number of carbonyl (C=O) groups is 5. The van der Waals surface area contributed by atoms with E-state index in [0.717, 1.165) is 17.7 Å². The van der Waals surface area contributed by atoms with Crippen LogP contribution >= 0.6 is 0 Å². The van der Waals surface area contributed by atoms with Crippen LogP contribution in [0.15, 0.2) is 24.5 Å². The molecule has 0 radical (unpaired) electrons. The van der Waals surface area contributed by atoms with Crippen molar-refractivity contribution in [3.05, 3.63) is 24.5 Å². The molecule has 1 aromatic rings. The van der Waals surface area contributed by atoms with Crippen molar-refractivity contribution in [2.75, 3.05) is 51.3 Å². The van der Waals surface area contributed by atoms with Crippen molar-refractivity contribution in [1.82, 2.24) is 20.1 Å².